The van der Waals surface area contributed by atoms with Crippen LogP contribution in [0, 0.1) is 0 Å². The Balaban J connectivity index is 0.000000325. The van der Waals surface area contributed by atoms with Crippen molar-refractivity contribution in [3.63, 3.8) is 0 Å². The highest BCUT2D eigenvalue weighted by Gasteiger charge is 2.32. The normalized spacial score (nSPS) is 13.6. The summed E-state index contributed by atoms with van der Waals surface area (Å²) in [4.78, 5) is 29.6. The Kier molecular flexibility index (Phi) is 25.4. The zero-order chi connectivity index (χ0) is 48.6. The smallest absolute Gasteiger partial charge is 0.416 e. The van der Waals surface area contributed by atoms with Gasteiger partial charge in [0.1, 0.15) is 11.5 Å². The summed E-state index contributed by atoms with van der Waals surface area (Å²) in [6, 6.07) is 20.1. The highest BCUT2D eigenvalue weighted by Crippen LogP contribution is 2.37. The molecule has 2 heterocycles. The van der Waals surface area contributed by atoms with Crippen LogP contribution in [0.4, 0.5) is 49.1 Å². The number of methoxy groups -OCH3 is 2. The minimum atomic E-state index is -4.47. The van der Waals surface area contributed by atoms with Gasteiger partial charge < -0.3 is 35.2 Å². The van der Waals surface area contributed by atoms with Crippen molar-refractivity contribution in [1.29, 1.82) is 0 Å². The third-order valence-corrected chi connectivity index (χ3v) is 10.5. The summed E-state index contributed by atoms with van der Waals surface area (Å²) in [5, 5.41) is 2.40. The Hall–Kier alpha value is -4.57. The first-order valence-electron chi connectivity index (χ1n) is 21.2. The van der Waals surface area contributed by atoms with Crippen molar-refractivity contribution in [2.75, 3.05) is 86.2 Å². The lowest BCUT2D eigenvalue weighted by Crippen LogP contribution is -2.30. The first-order chi connectivity index (χ1) is 30.9. The number of rotatable bonds is 10. The molecule has 4 aromatic carbocycles. The summed E-state index contributed by atoms with van der Waals surface area (Å²) in [7, 11) is 3.08. The number of anilines is 4. The summed E-state index contributed by atoms with van der Waals surface area (Å²) in [5.41, 5.74) is 6.78. The molecule has 9 nitrogen and oxygen atoms in total. The van der Waals surface area contributed by atoms with Crippen molar-refractivity contribution < 1.29 is 45.4 Å². The maximum Gasteiger partial charge on any atom is 0.416 e. The second-order valence-corrected chi connectivity index (χ2v) is 15.7. The van der Waals surface area contributed by atoms with E-state index >= 15 is 0 Å². The summed E-state index contributed by atoms with van der Waals surface area (Å²) >= 11 is 14.7. The van der Waals surface area contributed by atoms with Gasteiger partial charge in [0.25, 0.3) is 11.1 Å². The molecule has 0 radical (unpaired) electrons. The van der Waals surface area contributed by atoms with E-state index in [1.165, 1.54) is 45.3 Å². The molecular formula is C47H60Cl3F6N5O4. The van der Waals surface area contributed by atoms with Crippen molar-refractivity contribution in [3.05, 3.63) is 107 Å². The Morgan fingerprint density at radius 2 is 1.02 bits per heavy atom. The van der Waals surface area contributed by atoms with E-state index in [0.717, 1.165) is 88.2 Å². The average molecular weight is 979 g/mol. The Bertz CT molecular complexity index is 1990. The van der Waals surface area contributed by atoms with Crippen molar-refractivity contribution in [3.8, 4) is 11.5 Å². The van der Waals surface area contributed by atoms with Gasteiger partial charge in [0.2, 0.25) is 0 Å². The number of hydrogen-bond acceptors (Lipinski definition) is 8. The largest absolute Gasteiger partial charge is 0.497 e. The monoisotopic (exact) mass is 977 g/mol. The molecular weight excluding hydrogens is 919 g/mol. The number of nitrogen functional groups attached to an aromatic ring is 1. The Morgan fingerprint density at radius 3 is 1.37 bits per heavy atom. The topological polar surface area (TPSA) is 100 Å². The van der Waals surface area contributed by atoms with Gasteiger partial charge in [-0.15, -0.1) is 23.2 Å². The van der Waals surface area contributed by atoms with Crippen LogP contribution in [0.1, 0.15) is 91.1 Å². The summed E-state index contributed by atoms with van der Waals surface area (Å²) in [6.45, 7) is 13.4. The van der Waals surface area contributed by atoms with Gasteiger partial charge in [0, 0.05) is 37.3 Å². The van der Waals surface area contributed by atoms with Crippen LogP contribution in [0.2, 0.25) is 0 Å². The molecule has 65 heavy (non-hydrogen) atoms. The zero-order valence-electron chi connectivity index (χ0n) is 37.4. The highest BCUT2D eigenvalue weighted by atomic mass is 35.5. The molecule has 2 aliphatic heterocycles. The lowest BCUT2D eigenvalue weighted by atomic mass is 10.1. The van der Waals surface area contributed by atoms with Gasteiger partial charge in [0.05, 0.1) is 53.4 Å². The molecule has 18 heteroatoms. The minimum Gasteiger partial charge on any atom is -0.497 e. The van der Waals surface area contributed by atoms with E-state index in [1.54, 1.807) is 55.6 Å². The lowest BCUT2D eigenvalue weighted by Gasteiger charge is -2.31. The molecule has 360 valence electrons. The van der Waals surface area contributed by atoms with Gasteiger partial charge in [-0.05, 0) is 155 Å². The third kappa shape index (κ3) is 19.8. The number of hydrogen-bond donors (Lipinski definition) is 2. The Morgan fingerprint density at radius 1 is 0.631 bits per heavy atom. The minimum absolute atomic E-state index is 0.174. The fourth-order valence-electron chi connectivity index (χ4n) is 6.71. The number of alkyl halides is 8. The number of ether oxygens (including phenoxy) is 2. The molecule has 0 atom stereocenters. The van der Waals surface area contributed by atoms with E-state index in [-0.39, 0.29) is 16.7 Å². The molecule has 2 fully saturated rings. The van der Waals surface area contributed by atoms with Crippen molar-refractivity contribution in [1.82, 2.24) is 4.90 Å². The van der Waals surface area contributed by atoms with E-state index in [1.807, 2.05) is 4.90 Å². The standard InChI is InChI=1S/C20H21F3N2O2.C12H15F3N2.C8H7ClO2.C6H15N.CH2Cl2/c1-27-16-8-5-14(6-9-16)19(26)24-17-13-15(20(21,22)23)7-10-18(17)25-11-3-2-4-12-25;13-12(14,15)9-4-5-11(10(16)8-9)17-6-2-1-3-7-17;1-11-7-4-2-6(3-5-7)8(9)10;1-4-7(5-2)6-3;2-1-3/h5-10,13H,2-4,11-12H2,1H3,(H,24,26);4-5,8H,1-3,6-7,16H2;2-5H,1H3;4-6H2,1-3H3;1H2. The number of benzene rings is 4. The lowest BCUT2D eigenvalue weighted by molar-refractivity contribution is -0.138. The SMILES string of the molecule is CCN(CC)CC.COc1ccc(C(=O)Cl)cc1.COc1ccc(C(=O)Nc2cc(C(F)(F)F)ccc2N2CCCCC2)cc1.ClCCl.Nc1cc(C(F)(F)F)ccc1N1CCCCC1. The van der Waals surface area contributed by atoms with Crippen LogP contribution in [0.25, 0.3) is 0 Å². The van der Waals surface area contributed by atoms with Gasteiger partial charge in [-0.1, -0.05) is 20.8 Å². The fourth-order valence-corrected chi connectivity index (χ4v) is 6.83. The number of nitrogens with zero attached hydrogens (tertiary/aromatic N) is 3. The van der Waals surface area contributed by atoms with Crippen LogP contribution in [-0.2, 0) is 12.4 Å². The number of halogens is 9. The molecule has 0 bridgehead atoms. The van der Waals surface area contributed by atoms with Crippen molar-refractivity contribution >= 4 is 68.7 Å². The van der Waals surface area contributed by atoms with Crippen LogP contribution in [0.3, 0.4) is 0 Å². The molecule has 2 saturated heterocycles. The second-order valence-electron chi connectivity index (χ2n) is 14.5. The van der Waals surface area contributed by atoms with Crippen LogP contribution in [0.15, 0.2) is 84.9 Å². The van der Waals surface area contributed by atoms with E-state index in [9.17, 15) is 35.9 Å². The number of piperidine rings is 2. The molecule has 1 amide bonds. The third-order valence-electron chi connectivity index (χ3n) is 10.3. The van der Waals surface area contributed by atoms with Crippen molar-refractivity contribution in [2.45, 2.75) is 71.6 Å². The summed E-state index contributed by atoms with van der Waals surface area (Å²) < 4.78 is 86.8. The number of nitrogens with one attached hydrogen (secondary N) is 1. The highest BCUT2D eigenvalue weighted by molar-refractivity contribution is 6.67. The molecule has 4 aromatic rings. The summed E-state index contributed by atoms with van der Waals surface area (Å²) in [6.07, 6.45) is -2.42. The number of amides is 1. The van der Waals surface area contributed by atoms with Crippen molar-refractivity contribution in [2.24, 2.45) is 0 Å². The first kappa shape index (κ1) is 56.6. The molecule has 6 rings (SSSR count). The van der Waals surface area contributed by atoms with Gasteiger partial charge in [-0.25, -0.2) is 0 Å². The van der Waals surface area contributed by atoms with Crippen LogP contribution >= 0.6 is 34.8 Å². The number of nitrogens with two attached hydrogens (primary N) is 1. The molecule has 0 aromatic heterocycles. The number of carbonyl (C=O) groups is 2. The number of carbonyl (C=O) groups excluding carboxylic acids is 2. The maximum absolute atomic E-state index is 13.1. The molecule has 0 unspecified atom stereocenters. The molecule has 3 N–H and O–H groups in total. The van der Waals surface area contributed by atoms with E-state index in [0.29, 0.717) is 28.3 Å². The second kappa shape index (κ2) is 29.1. The molecule has 0 spiro atoms. The molecule has 2 aliphatic rings. The summed E-state index contributed by atoms with van der Waals surface area (Å²) in [5.74, 6) is 0.849. The van der Waals surface area contributed by atoms with Gasteiger partial charge in [-0.2, -0.15) is 26.3 Å². The predicted molar refractivity (Wildman–Crippen MR) is 254 cm³/mol. The van der Waals surface area contributed by atoms with E-state index in [4.69, 9.17) is 50.0 Å². The molecule has 0 aliphatic carbocycles. The quantitative estimate of drug-likeness (QED) is 0.0702. The van der Waals surface area contributed by atoms with Gasteiger partial charge in [-0.3, -0.25) is 9.59 Å². The predicted octanol–water partition coefficient (Wildman–Crippen LogP) is 13.1. The van der Waals surface area contributed by atoms with Gasteiger partial charge in [0.15, 0.2) is 0 Å². The zero-order valence-corrected chi connectivity index (χ0v) is 39.7. The Labute approximate surface area is 394 Å². The van der Waals surface area contributed by atoms with Crippen LogP contribution in [-0.4, -0.2) is 81.4 Å². The first-order valence-corrected chi connectivity index (χ1v) is 22.6. The molecule has 0 saturated carbocycles. The van der Waals surface area contributed by atoms with Gasteiger partial charge >= 0.3 is 12.4 Å². The van der Waals surface area contributed by atoms with Crippen LogP contribution < -0.4 is 30.3 Å². The van der Waals surface area contributed by atoms with E-state index in [2.05, 4.69) is 35.9 Å². The average Bonchev–Trinajstić information content (AvgIpc) is 3.30. The fraction of sp³-hybridized carbons (Fsp3) is 0.447. The maximum atomic E-state index is 13.1. The van der Waals surface area contributed by atoms with E-state index < -0.39 is 34.6 Å². The van der Waals surface area contributed by atoms with Crippen LogP contribution in [0.5, 0.6) is 11.5 Å².